The number of methoxy groups -OCH3 is 2. The quantitative estimate of drug-likeness (QED) is 0.587. The molecule has 3 N–H and O–H groups in total. The van der Waals surface area contributed by atoms with E-state index in [2.05, 4.69) is 15.3 Å². The summed E-state index contributed by atoms with van der Waals surface area (Å²) >= 11 is 11.9. The van der Waals surface area contributed by atoms with Crippen LogP contribution in [0.1, 0.15) is 0 Å². The van der Waals surface area contributed by atoms with Crippen molar-refractivity contribution in [1.82, 2.24) is 14.9 Å². The highest BCUT2D eigenvalue weighted by atomic mass is 35.5. The van der Waals surface area contributed by atoms with Crippen molar-refractivity contribution in [3.05, 3.63) is 40.4 Å². The van der Waals surface area contributed by atoms with Gasteiger partial charge in [-0.1, -0.05) is 23.2 Å². The minimum absolute atomic E-state index is 0.209. The predicted octanol–water partition coefficient (Wildman–Crippen LogP) is 3.89. The molecule has 0 radical (unpaired) electrons. The van der Waals surface area contributed by atoms with Crippen LogP contribution in [0.3, 0.4) is 0 Å². The maximum atomic E-state index is 12.6. The van der Waals surface area contributed by atoms with Gasteiger partial charge in [0.05, 0.1) is 29.8 Å². The first-order valence-corrected chi connectivity index (χ1v) is 10.6. The molecule has 11 heteroatoms. The summed E-state index contributed by atoms with van der Waals surface area (Å²) in [4.78, 5) is 25.4. The first-order valence-electron chi connectivity index (χ1n) is 9.84. The maximum absolute atomic E-state index is 12.6. The Labute approximate surface area is 195 Å². The number of amides is 2. The lowest BCUT2D eigenvalue weighted by molar-refractivity contribution is 0.208. The summed E-state index contributed by atoms with van der Waals surface area (Å²) in [5.74, 6) is 1.98. The van der Waals surface area contributed by atoms with Gasteiger partial charge < -0.3 is 30.3 Å². The molecule has 168 valence electrons. The molecule has 2 amide bonds. The van der Waals surface area contributed by atoms with E-state index in [9.17, 15) is 4.79 Å². The van der Waals surface area contributed by atoms with Gasteiger partial charge >= 0.3 is 6.03 Å². The molecule has 3 aromatic rings. The Morgan fingerprint density at radius 1 is 1.00 bits per heavy atom. The van der Waals surface area contributed by atoms with Crippen LogP contribution in [0.5, 0.6) is 11.5 Å². The fraction of sp³-hybridized carbons (Fsp3) is 0.286. The number of rotatable bonds is 4. The van der Waals surface area contributed by atoms with Crippen LogP contribution < -0.4 is 25.4 Å². The molecule has 0 atom stereocenters. The number of urea groups is 1. The van der Waals surface area contributed by atoms with Crippen molar-refractivity contribution in [1.29, 1.82) is 0 Å². The Morgan fingerprint density at radius 3 is 2.34 bits per heavy atom. The highest BCUT2D eigenvalue weighted by molar-refractivity contribution is 6.42. The van der Waals surface area contributed by atoms with E-state index in [1.165, 1.54) is 0 Å². The number of halogens is 2. The van der Waals surface area contributed by atoms with Crippen molar-refractivity contribution in [3.63, 3.8) is 0 Å². The van der Waals surface area contributed by atoms with Crippen LogP contribution in [0.15, 0.2) is 30.3 Å². The van der Waals surface area contributed by atoms with Gasteiger partial charge in [0, 0.05) is 43.3 Å². The molecule has 1 aliphatic rings. The fourth-order valence-corrected chi connectivity index (χ4v) is 3.79. The van der Waals surface area contributed by atoms with Crippen molar-refractivity contribution in [2.45, 2.75) is 0 Å². The van der Waals surface area contributed by atoms with Crippen LogP contribution in [0.25, 0.3) is 10.9 Å². The van der Waals surface area contributed by atoms with E-state index in [1.807, 2.05) is 4.90 Å². The molecule has 4 rings (SSSR count). The largest absolute Gasteiger partial charge is 0.493 e. The summed E-state index contributed by atoms with van der Waals surface area (Å²) in [6.45, 7) is 2.13. The van der Waals surface area contributed by atoms with Crippen molar-refractivity contribution >= 4 is 57.6 Å². The van der Waals surface area contributed by atoms with E-state index >= 15 is 0 Å². The molecule has 0 spiro atoms. The molecular weight excluding hydrogens is 455 g/mol. The van der Waals surface area contributed by atoms with Gasteiger partial charge in [-0.3, -0.25) is 0 Å². The lowest BCUT2D eigenvalue weighted by atomic mass is 10.2. The number of nitrogens with zero attached hydrogens (tertiary/aromatic N) is 4. The smallest absolute Gasteiger partial charge is 0.321 e. The predicted molar refractivity (Wildman–Crippen MR) is 126 cm³/mol. The van der Waals surface area contributed by atoms with Gasteiger partial charge in [0.1, 0.15) is 5.82 Å². The number of hydrogen-bond donors (Lipinski definition) is 2. The number of hydrogen-bond acceptors (Lipinski definition) is 7. The zero-order valence-corrected chi connectivity index (χ0v) is 19.1. The third-order valence-corrected chi connectivity index (χ3v) is 5.98. The summed E-state index contributed by atoms with van der Waals surface area (Å²) in [7, 11) is 3.13. The van der Waals surface area contributed by atoms with Crippen LogP contribution >= 0.6 is 23.2 Å². The second-order valence-corrected chi connectivity index (χ2v) is 7.98. The molecule has 9 nitrogen and oxygen atoms in total. The number of ether oxygens (including phenoxy) is 2. The summed E-state index contributed by atoms with van der Waals surface area (Å²) in [5.41, 5.74) is 7.44. The normalized spacial score (nSPS) is 13.9. The van der Waals surface area contributed by atoms with Gasteiger partial charge in [-0.2, -0.15) is 4.98 Å². The number of carbonyl (C=O) groups is 1. The van der Waals surface area contributed by atoms with E-state index in [-0.39, 0.29) is 6.03 Å². The second kappa shape index (κ2) is 9.13. The van der Waals surface area contributed by atoms with E-state index in [0.717, 1.165) is 0 Å². The molecule has 1 saturated heterocycles. The topological polar surface area (TPSA) is 106 Å². The average molecular weight is 477 g/mol. The lowest BCUT2D eigenvalue weighted by Gasteiger charge is -2.34. The number of nitrogens with one attached hydrogen (secondary N) is 1. The number of anilines is 3. The van der Waals surface area contributed by atoms with Crippen molar-refractivity contribution in [2.75, 3.05) is 56.3 Å². The van der Waals surface area contributed by atoms with Crippen LogP contribution in [-0.2, 0) is 0 Å². The fourth-order valence-electron chi connectivity index (χ4n) is 3.49. The van der Waals surface area contributed by atoms with Gasteiger partial charge in [0.15, 0.2) is 11.5 Å². The minimum Gasteiger partial charge on any atom is -0.493 e. The van der Waals surface area contributed by atoms with Crippen LogP contribution in [0.4, 0.5) is 22.2 Å². The molecule has 0 aliphatic carbocycles. The SMILES string of the molecule is COc1cc2nc(N3CCN(C(=O)Nc4ccc(Cl)c(Cl)c4)CC3)nc(N)c2cc1OC. The number of piperazine rings is 1. The number of carbonyl (C=O) groups excluding carboxylic acids is 1. The Kier molecular flexibility index (Phi) is 6.29. The third-order valence-electron chi connectivity index (χ3n) is 5.24. The van der Waals surface area contributed by atoms with Gasteiger partial charge in [-0.25, -0.2) is 9.78 Å². The molecular formula is C21H22Cl2N6O3. The van der Waals surface area contributed by atoms with Crippen LogP contribution in [0.2, 0.25) is 10.0 Å². The Hall–Kier alpha value is -3.17. The highest BCUT2D eigenvalue weighted by Gasteiger charge is 2.24. The number of fused-ring (bicyclic) bond motifs is 1. The molecule has 1 aromatic heterocycles. The maximum Gasteiger partial charge on any atom is 0.321 e. The Morgan fingerprint density at radius 2 is 1.69 bits per heavy atom. The molecule has 0 unspecified atom stereocenters. The molecule has 32 heavy (non-hydrogen) atoms. The molecule has 1 fully saturated rings. The minimum atomic E-state index is -0.209. The highest BCUT2D eigenvalue weighted by Crippen LogP contribution is 2.34. The molecule has 2 heterocycles. The van der Waals surface area contributed by atoms with Crippen molar-refractivity contribution < 1.29 is 14.3 Å². The average Bonchev–Trinajstić information content (AvgIpc) is 2.80. The van der Waals surface area contributed by atoms with Gasteiger partial charge in [-0.15, -0.1) is 0 Å². The molecule has 1 aliphatic heterocycles. The van der Waals surface area contributed by atoms with E-state index in [1.54, 1.807) is 49.5 Å². The van der Waals surface area contributed by atoms with E-state index < -0.39 is 0 Å². The molecule has 2 aromatic carbocycles. The summed E-state index contributed by atoms with van der Waals surface area (Å²) in [6.07, 6.45) is 0. The van der Waals surface area contributed by atoms with Gasteiger partial charge in [0.25, 0.3) is 0 Å². The molecule has 0 bridgehead atoms. The van der Waals surface area contributed by atoms with Gasteiger partial charge in [0.2, 0.25) is 5.95 Å². The first kappa shape index (κ1) is 22.0. The standard InChI is InChI=1S/C21H22Cl2N6O3/c1-31-17-10-13-16(11-18(17)32-2)26-20(27-19(13)24)28-5-7-29(8-6-28)21(30)25-12-3-4-14(22)15(23)9-12/h3-4,9-11H,5-8H2,1-2H3,(H,25,30)(H2,24,26,27). The monoisotopic (exact) mass is 476 g/mol. The molecule has 0 saturated carbocycles. The van der Waals surface area contributed by atoms with Crippen LogP contribution in [0, 0.1) is 0 Å². The number of aromatic nitrogens is 2. The lowest BCUT2D eigenvalue weighted by Crippen LogP contribution is -2.50. The van der Waals surface area contributed by atoms with E-state index in [4.69, 9.17) is 38.4 Å². The Bertz CT molecular complexity index is 1170. The summed E-state index contributed by atoms with van der Waals surface area (Å²) < 4.78 is 10.7. The zero-order chi connectivity index (χ0) is 22.8. The first-order chi connectivity index (χ1) is 15.4. The summed E-state index contributed by atoms with van der Waals surface area (Å²) in [6, 6.07) is 8.29. The summed E-state index contributed by atoms with van der Waals surface area (Å²) in [5, 5.41) is 4.34. The number of nitrogens with two attached hydrogens (primary N) is 1. The van der Waals surface area contributed by atoms with Gasteiger partial charge in [-0.05, 0) is 24.3 Å². The van der Waals surface area contributed by atoms with Crippen molar-refractivity contribution in [2.24, 2.45) is 0 Å². The third kappa shape index (κ3) is 4.39. The Balaban J connectivity index is 1.46. The van der Waals surface area contributed by atoms with E-state index in [0.29, 0.717) is 76.1 Å². The van der Waals surface area contributed by atoms with Crippen molar-refractivity contribution in [3.8, 4) is 11.5 Å². The second-order valence-electron chi connectivity index (χ2n) is 7.17. The number of benzene rings is 2. The zero-order valence-electron chi connectivity index (χ0n) is 17.6. The van der Waals surface area contributed by atoms with Crippen LogP contribution in [-0.4, -0.2) is 61.3 Å². The number of nitrogen functional groups attached to an aromatic ring is 1.